The van der Waals surface area contributed by atoms with Gasteiger partial charge in [-0.3, -0.25) is 0 Å². The summed E-state index contributed by atoms with van der Waals surface area (Å²) in [6.07, 6.45) is 5.60. The Hall–Kier alpha value is -3.67. The number of carbonyl (C=O) groups excluding carboxylic acids is 1. The molecule has 178 valence electrons. The van der Waals surface area contributed by atoms with E-state index in [4.69, 9.17) is 15.0 Å². The summed E-state index contributed by atoms with van der Waals surface area (Å²) in [7, 11) is 0. The maximum atomic E-state index is 14.6. The number of piperidine rings is 1. The van der Waals surface area contributed by atoms with Gasteiger partial charge in [-0.2, -0.15) is 5.26 Å². The molecule has 0 unspecified atom stereocenters. The molecule has 2 N–H and O–H groups in total. The molecule has 0 bridgehead atoms. The van der Waals surface area contributed by atoms with Crippen LogP contribution >= 0.6 is 0 Å². The van der Waals surface area contributed by atoms with Gasteiger partial charge in [0.15, 0.2) is 5.82 Å². The fraction of sp³-hybridized carbons (Fsp3) is 0.440. The number of amides is 1. The van der Waals surface area contributed by atoms with Gasteiger partial charge < -0.3 is 19.9 Å². The highest BCUT2D eigenvalue weighted by Crippen LogP contribution is 2.32. The van der Waals surface area contributed by atoms with Gasteiger partial charge in [0.05, 0.1) is 16.8 Å². The van der Waals surface area contributed by atoms with Crippen LogP contribution in [-0.2, 0) is 11.2 Å². The number of rotatable bonds is 4. The number of H-pyrrole nitrogens is 1. The third-order valence-electron chi connectivity index (χ3n) is 5.82. The predicted octanol–water partition coefficient (Wildman–Crippen LogP) is 5.01. The first-order valence-electron chi connectivity index (χ1n) is 11.5. The zero-order valence-corrected chi connectivity index (χ0v) is 19.9. The number of hydrogen-bond donors (Lipinski definition) is 2. The molecule has 0 radical (unpaired) electrons. The van der Waals surface area contributed by atoms with E-state index in [1.54, 1.807) is 23.4 Å². The Kier molecular flexibility index (Phi) is 6.42. The second-order valence-electron chi connectivity index (χ2n) is 9.49. The van der Waals surface area contributed by atoms with Crippen molar-refractivity contribution in [2.45, 2.75) is 58.6 Å². The van der Waals surface area contributed by atoms with E-state index in [0.717, 1.165) is 24.0 Å². The SMILES string of the molecule is CCc1cnc(N[C@H]2CCCN(C(=O)OC(C)(C)C)C2)nc1-c1c[nH]c2c(F)c(C#N)ccc12. The number of anilines is 1. The molecule has 34 heavy (non-hydrogen) atoms. The molecule has 1 aliphatic rings. The lowest BCUT2D eigenvalue weighted by atomic mass is 10.0. The van der Waals surface area contributed by atoms with Crippen LogP contribution in [0.1, 0.15) is 51.7 Å². The summed E-state index contributed by atoms with van der Waals surface area (Å²) in [5.74, 6) is -0.118. The topological polar surface area (TPSA) is 107 Å². The summed E-state index contributed by atoms with van der Waals surface area (Å²) < 4.78 is 20.1. The summed E-state index contributed by atoms with van der Waals surface area (Å²) in [6.45, 7) is 8.73. The number of aromatic amines is 1. The predicted molar refractivity (Wildman–Crippen MR) is 128 cm³/mol. The number of halogens is 1. The number of ether oxygens (including phenoxy) is 1. The number of nitriles is 1. The largest absolute Gasteiger partial charge is 0.444 e. The lowest BCUT2D eigenvalue weighted by Crippen LogP contribution is -2.47. The summed E-state index contributed by atoms with van der Waals surface area (Å²) in [6, 6.07) is 5.07. The van der Waals surface area contributed by atoms with Crippen LogP contribution in [0.3, 0.4) is 0 Å². The van der Waals surface area contributed by atoms with Crippen molar-refractivity contribution in [2.75, 3.05) is 18.4 Å². The van der Waals surface area contributed by atoms with Crippen molar-refractivity contribution in [1.82, 2.24) is 19.9 Å². The number of nitrogens with zero attached hydrogens (tertiary/aromatic N) is 4. The number of hydrogen-bond acceptors (Lipinski definition) is 6. The van der Waals surface area contributed by atoms with Gasteiger partial charge in [-0.25, -0.2) is 19.2 Å². The zero-order chi connectivity index (χ0) is 24.5. The molecule has 1 aromatic carbocycles. The van der Waals surface area contributed by atoms with Crippen molar-refractivity contribution >= 4 is 22.9 Å². The van der Waals surface area contributed by atoms with Crippen LogP contribution in [0.4, 0.5) is 15.1 Å². The van der Waals surface area contributed by atoms with Crippen LogP contribution in [-0.4, -0.2) is 50.7 Å². The first-order valence-corrected chi connectivity index (χ1v) is 11.5. The van der Waals surface area contributed by atoms with Crippen LogP contribution < -0.4 is 5.32 Å². The average Bonchev–Trinajstić information content (AvgIpc) is 3.23. The minimum Gasteiger partial charge on any atom is -0.444 e. The van der Waals surface area contributed by atoms with Crippen molar-refractivity contribution in [3.63, 3.8) is 0 Å². The fourth-order valence-corrected chi connectivity index (χ4v) is 4.18. The van der Waals surface area contributed by atoms with Crippen LogP contribution in [0, 0.1) is 17.1 Å². The monoisotopic (exact) mass is 464 g/mol. The Morgan fingerprint density at radius 3 is 2.91 bits per heavy atom. The molecule has 8 nitrogen and oxygen atoms in total. The van der Waals surface area contributed by atoms with E-state index in [-0.39, 0.29) is 23.2 Å². The number of carbonyl (C=O) groups is 1. The second kappa shape index (κ2) is 9.29. The Labute approximate surface area is 198 Å². The maximum absolute atomic E-state index is 14.6. The fourth-order valence-electron chi connectivity index (χ4n) is 4.18. The molecule has 0 saturated carbocycles. The second-order valence-corrected chi connectivity index (χ2v) is 9.49. The number of nitrogens with one attached hydrogen (secondary N) is 2. The molecule has 1 saturated heterocycles. The van der Waals surface area contributed by atoms with Gasteiger partial charge in [-0.15, -0.1) is 0 Å². The van der Waals surface area contributed by atoms with Crippen molar-refractivity contribution < 1.29 is 13.9 Å². The lowest BCUT2D eigenvalue weighted by molar-refractivity contribution is 0.0206. The third kappa shape index (κ3) is 4.81. The molecule has 1 fully saturated rings. The maximum Gasteiger partial charge on any atom is 0.410 e. The number of aryl methyl sites for hydroxylation is 1. The van der Waals surface area contributed by atoms with Crippen LogP contribution in [0.25, 0.3) is 22.2 Å². The highest BCUT2D eigenvalue weighted by atomic mass is 19.1. The molecule has 1 aliphatic heterocycles. The minimum atomic E-state index is -0.568. The number of benzene rings is 1. The molecular formula is C25H29FN6O2. The Balaban J connectivity index is 1.59. The smallest absolute Gasteiger partial charge is 0.410 e. The zero-order valence-electron chi connectivity index (χ0n) is 19.9. The molecule has 1 atom stereocenters. The number of likely N-dealkylation sites (tertiary alicyclic amines) is 1. The molecule has 0 spiro atoms. The average molecular weight is 465 g/mol. The van der Waals surface area contributed by atoms with Crippen molar-refractivity contribution in [3.05, 3.63) is 41.5 Å². The van der Waals surface area contributed by atoms with E-state index >= 15 is 0 Å². The quantitative estimate of drug-likeness (QED) is 0.562. The Bertz CT molecular complexity index is 1260. The summed E-state index contributed by atoms with van der Waals surface area (Å²) >= 11 is 0. The van der Waals surface area contributed by atoms with E-state index in [9.17, 15) is 9.18 Å². The van der Waals surface area contributed by atoms with Crippen LogP contribution in [0.15, 0.2) is 24.5 Å². The highest BCUT2D eigenvalue weighted by Gasteiger charge is 2.28. The normalized spacial score (nSPS) is 16.4. The van der Waals surface area contributed by atoms with E-state index < -0.39 is 11.4 Å². The number of fused-ring (bicyclic) bond motifs is 1. The molecule has 2 aromatic heterocycles. The lowest BCUT2D eigenvalue weighted by Gasteiger charge is -2.34. The summed E-state index contributed by atoms with van der Waals surface area (Å²) in [5.41, 5.74) is 2.11. The molecule has 3 aromatic rings. The summed E-state index contributed by atoms with van der Waals surface area (Å²) in [4.78, 5) is 26.4. The first kappa shape index (κ1) is 23.5. The van der Waals surface area contributed by atoms with E-state index in [0.29, 0.717) is 36.5 Å². The molecule has 1 amide bonds. The van der Waals surface area contributed by atoms with Crippen molar-refractivity contribution in [2.24, 2.45) is 0 Å². The molecule has 4 rings (SSSR count). The van der Waals surface area contributed by atoms with Gasteiger partial charge in [0, 0.05) is 42.5 Å². The van der Waals surface area contributed by atoms with Gasteiger partial charge >= 0.3 is 6.09 Å². The standard InChI is InChI=1S/C25H29FN6O2/c1-5-15-12-29-23(30-17-7-6-10-32(14-17)24(33)34-25(2,3)4)31-21(15)19-13-28-22-18(19)9-8-16(11-27)20(22)26/h8-9,12-13,17,28H,5-7,10,14H2,1-4H3,(H,29,30,31)/t17-/m0/s1. The molecule has 9 heteroatoms. The van der Waals surface area contributed by atoms with Gasteiger partial charge in [0.1, 0.15) is 11.7 Å². The van der Waals surface area contributed by atoms with Gasteiger partial charge in [-0.1, -0.05) is 13.0 Å². The number of aromatic nitrogens is 3. The van der Waals surface area contributed by atoms with Crippen molar-refractivity contribution in [3.8, 4) is 17.3 Å². The third-order valence-corrected chi connectivity index (χ3v) is 5.82. The van der Waals surface area contributed by atoms with Crippen LogP contribution in [0.2, 0.25) is 0 Å². The highest BCUT2D eigenvalue weighted by molar-refractivity contribution is 5.96. The van der Waals surface area contributed by atoms with Gasteiger partial charge in [0.25, 0.3) is 0 Å². The van der Waals surface area contributed by atoms with Gasteiger partial charge in [-0.05, 0) is 51.7 Å². The molecule has 3 heterocycles. The Morgan fingerprint density at radius 1 is 1.41 bits per heavy atom. The Morgan fingerprint density at radius 2 is 2.21 bits per heavy atom. The van der Waals surface area contributed by atoms with Gasteiger partial charge in [0.2, 0.25) is 5.95 Å². The summed E-state index contributed by atoms with van der Waals surface area (Å²) in [5, 5.41) is 13.1. The minimum absolute atomic E-state index is 0.00602. The van der Waals surface area contributed by atoms with E-state index in [1.807, 2.05) is 33.8 Å². The van der Waals surface area contributed by atoms with Crippen molar-refractivity contribution in [1.29, 1.82) is 5.26 Å². The first-order chi connectivity index (χ1) is 16.2. The van der Waals surface area contributed by atoms with E-state index in [2.05, 4.69) is 15.3 Å². The molecule has 0 aliphatic carbocycles. The van der Waals surface area contributed by atoms with E-state index in [1.165, 1.54) is 6.07 Å². The van der Waals surface area contributed by atoms with Crippen LogP contribution in [0.5, 0.6) is 0 Å². The molecular weight excluding hydrogens is 435 g/mol.